The molecule has 9 heteroatoms. The van der Waals surface area contributed by atoms with E-state index < -0.39 is 17.7 Å². The normalized spacial score (nSPS) is 20.3. The van der Waals surface area contributed by atoms with Gasteiger partial charge in [-0.05, 0) is 60.0 Å². The van der Waals surface area contributed by atoms with Crippen LogP contribution in [-0.2, 0) is 30.5 Å². The first-order chi connectivity index (χ1) is 16.8. The van der Waals surface area contributed by atoms with E-state index in [1.165, 1.54) is 12.3 Å². The molecule has 2 aromatic carbocycles. The molecule has 2 atom stereocenters. The molecule has 3 aromatic rings. The van der Waals surface area contributed by atoms with Crippen molar-refractivity contribution in [3.63, 3.8) is 0 Å². The highest BCUT2D eigenvalue weighted by Crippen LogP contribution is 2.40. The van der Waals surface area contributed by atoms with Gasteiger partial charge in [0.05, 0.1) is 30.3 Å². The van der Waals surface area contributed by atoms with E-state index in [0.29, 0.717) is 36.0 Å². The van der Waals surface area contributed by atoms with Gasteiger partial charge in [0.1, 0.15) is 5.76 Å². The van der Waals surface area contributed by atoms with Gasteiger partial charge in [0, 0.05) is 36.9 Å². The summed E-state index contributed by atoms with van der Waals surface area (Å²) in [5, 5.41) is 3.59. The minimum Gasteiger partial charge on any atom is -0.467 e. The molecule has 35 heavy (non-hydrogen) atoms. The van der Waals surface area contributed by atoms with Crippen molar-refractivity contribution in [3.8, 4) is 0 Å². The minimum absolute atomic E-state index is 0.156. The van der Waals surface area contributed by atoms with Gasteiger partial charge >= 0.3 is 6.18 Å². The van der Waals surface area contributed by atoms with Crippen molar-refractivity contribution in [2.24, 2.45) is 5.92 Å². The standard InChI is InChI=1S/C26H25ClF3N3O2/c27-20-6-3-17(4-7-20)15-32-9-10-33-23-8-5-19(26(28,29)30)12-18(23)13-22(24(33)16-32)25(34)31-14-21-2-1-11-35-21/h1-8,11-12,22,24H,9-10,13-16H2,(H,31,34)/t22-,24+/m1/s1. The molecule has 0 spiro atoms. The Labute approximate surface area is 206 Å². The number of alkyl halides is 3. The Balaban J connectivity index is 1.40. The first-order valence-corrected chi connectivity index (χ1v) is 11.9. The molecule has 5 rings (SSSR count). The zero-order valence-corrected chi connectivity index (χ0v) is 19.6. The maximum atomic E-state index is 13.4. The molecule has 0 unspecified atom stereocenters. The van der Waals surface area contributed by atoms with Crippen LogP contribution in [0.1, 0.15) is 22.5 Å². The Kier molecular flexibility index (Phi) is 6.51. The molecular weight excluding hydrogens is 479 g/mol. The number of carbonyl (C=O) groups is 1. The third-order valence-electron chi connectivity index (χ3n) is 6.80. The van der Waals surface area contributed by atoms with Crippen LogP contribution < -0.4 is 10.2 Å². The molecule has 1 aromatic heterocycles. The topological polar surface area (TPSA) is 48.7 Å². The summed E-state index contributed by atoms with van der Waals surface area (Å²) in [6, 6.07) is 14.9. The van der Waals surface area contributed by atoms with Gasteiger partial charge < -0.3 is 14.6 Å². The van der Waals surface area contributed by atoms with Crippen LogP contribution in [0.5, 0.6) is 0 Å². The van der Waals surface area contributed by atoms with Crippen LogP contribution in [0.3, 0.4) is 0 Å². The van der Waals surface area contributed by atoms with Gasteiger partial charge in [0.25, 0.3) is 0 Å². The number of nitrogens with one attached hydrogen (secondary N) is 1. The number of fused-ring (bicyclic) bond motifs is 3. The highest BCUT2D eigenvalue weighted by atomic mass is 35.5. The van der Waals surface area contributed by atoms with Crippen LogP contribution in [0, 0.1) is 5.92 Å². The summed E-state index contributed by atoms with van der Waals surface area (Å²) in [6.45, 7) is 2.93. The van der Waals surface area contributed by atoms with Gasteiger partial charge in [-0.15, -0.1) is 0 Å². The Bertz CT molecular complexity index is 1180. The number of carbonyl (C=O) groups excluding carboxylic acids is 1. The average Bonchev–Trinajstić information content (AvgIpc) is 3.36. The summed E-state index contributed by atoms with van der Waals surface area (Å²) in [5.41, 5.74) is 1.77. The number of piperazine rings is 1. The molecular formula is C26H25ClF3N3O2. The van der Waals surface area contributed by atoms with E-state index in [1.807, 2.05) is 24.3 Å². The Morgan fingerprint density at radius 1 is 1.11 bits per heavy atom. The predicted octanol–water partition coefficient (Wildman–Crippen LogP) is 5.13. The first kappa shape index (κ1) is 23.8. The van der Waals surface area contributed by atoms with Crippen molar-refractivity contribution in [2.45, 2.75) is 31.7 Å². The molecule has 1 N–H and O–H groups in total. The molecule has 1 amide bonds. The van der Waals surface area contributed by atoms with E-state index in [9.17, 15) is 18.0 Å². The summed E-state index contributed by atoms with van der Waals surface area (Å²) in [4.78, 5) is 17.7. The number of amides is 1. The lowest BCUT2D eigenvalue weighted by atomic mass is 9.82. The lowest BCUT2D eigenvalue weighted by molar-refractivity contribution is -0.137. The third-order valence-corrected chi connectivity index (χ3v) is 7.05. The zero-order valence-electron chi connectivity index (χ0n) is 18.9. The highest BCUT2D eigenvalue weighted by Gasteiger charge is 2.42. The van der Waals surface area contributed by atoms with Crippen molar-refractivity contribution >= 4 is 23.2 Å². The quantitative estimate of drug-likeness (QED) is 0.524. The fourth-order valence-electron chi connectivity index (χ4n) is 5.07. The van der Waals surface area contributed by atoms with Crippen molar-refractivity contribution in [3.05, 3.63) is 88.3 Å². The molecule has 1 fully saturated rings. The molecule has 0 bridgehead atoms. The van der Waals surface area contributed by atoms with E-state index in [0.717, 1.165) is 23.9 Å². The number of nitrogens with zero attached hydrogens (tertiary/aromatic N) is 2. The first-order valence-electron chi connectivity index (χ1n) is 11.5. The highest BCUT2D eigenvalue weighted by molar-refractivity contribution is 6.30. The van der Waals surface area contributed by atoms with Gasteiger partial charge in [-0.3, -0.25) is 9.69 Å². The molecule has 2 aliphatic rings. The molecule has 2 aliphatic heterocycles. The van der Waals surface area contributed by atoms with Gasteiger partial charge in [0.15, 0.2) is 0 Å². The summed E-state index contributed by atoms with van der Waals surface area (Å²) < 4.78 is 45.5. The molecule has 0 radical (unpaired) electrons. The fraction of sp³-hybridized carbons (Fsp3) is 0.346. The third kappa shape index (κ3) is 5.18. The monoisotopic (exact) mass is 503 g/mol. The predicted molar refractivity (Wildman–Crippen MR) is 127 cm³/mol. The Hall–Kier alpha value is -2.97. The largest absolute Gasteiger partial charge is 0.467 e. The summed E-state index contributed by atoms with van der Waals surface area (Å²) in [7, 11) is 0. The zero-order chi connectivity index (χ0) is 24.6. The van der Waals surface area contributed by atoms with E-state index in [1.54, 1.807) is 18.2 Å². The van der Waals surface area contributed by atoms with Crippen molar-refractivity contribution < 1.29 is 22.4 Å². The SMILES string of the molecule is O=C(NCc1ccco1)[C@@H]1Cc2cc(C(F)(F)F)ccc2N2CCN(Cc3ccc(Cl)cc3)C[C@@H]12. The molecule has 0 aliphatic carbocycles. The number of anilines is 1. The fourth-order valence-corrected chi connectivity index (χ4v) is 5.19. The summed E-state index contributed by atoms with van der Waals surface area (Å²) in [6.07, 6.45) is -2.64. The van der Waals surface area contributed by atoms with Gasteiger partial charge in [0.2, 0.25) is 5.91 Å². The van der Waals surface area contributed by atoms with Crippen molar-refractivity contribution in [2.75, 3.05) is 24.5 Å². The Morgan fingerprint density at radius 2 is 1.91 bits per heavy atom. The van der Waals surface area contributed by atoms with Gasteiger partial charge in [-0.2, -0.15) is 13.2 Å². The van der Waals surface area contributed by atoms with Crippen LogP contribution >= 0.6 is 11.6 Å². The molecule has 3 heterocycles. The van der Waals surface area contributed by atoms with Crippen LogP contribution in [0.25, 0.3) is 0 Å². The van der Waals surface area contributed by atoms with Crippen LogP contribution in [0.4, 0.5) is 18.9 Å². The summed E-state index contributed by atoms with van der Waals surface area (Å²) >= 11 is 6.01. The number of hydrogen-bond donors (Lipinski definition) is 1. The van der Waals surface area contributed by atoms with E-state index in [-0.39, 0.29) is 24.9 Å². The van der Waals surface area contributed by atoms with Crippen LogP contribution in [0.2, 0.25) is 5.02 Å². The second kappa shape index (κ2) is 9.59. The summed E-state index contributed by atoms with van der Waals surface area (Å²) in [5.74, 6) is -0.0550. The maximum Gasteiger partial charge on any atom is 0.416 e. The molecule has 5 nitrogen and oxygen atoms in total. The smallest absolute Gasteiger partial charge is 0.416 e. The average molecular weight is 504 g/mol. The van der Waals surface area contributed by atoms with Gasteiger partial charge in [-0.1, -0.05) is 23.7 Å². The lowest BCUT2D eigenvalue weighted by Gasteiger charge is -2.49. The second-order valence-corrected chi connectivity index (χ2v) is 9.51. The minimum atomic E-state index is -4.43. The number of furan rings is 1. The molecule has 1 saturated heterocycles. The van der Waals surface area contributed by atoms with E-state index >= 15 is 0 Å². The number of benzene rings is 2. The van der Waals surface area contributed by atoms with Crippen molar-refractivity contribution in [1.29, 1.82) is 0 Å². The number of halogens is 4. The van der Waals surface area contributed by atoms with Crippen molar-refractivity contribution in [1.82, 2.24) is 10.2 Å². The molecule has 184 valence electrons. The number of rotatable bonds is 5. The Morgan fingerprint density at radius 3 is 2.63 bits per heavy atom. The second-order valence-electron chi connectivity index (χ2n) is 9.07. The van der Waals surface area contributed by atoms with Crippen LogP contribution in [0.15, 0.2) is 65.3 Å². The van der Waals surface area contributed by atoms with Crippen LogP contribution in [-0.4, -0.2) is 36.5 Å². The van der Waals surface area contributed by atoms with Gasteiger partial charge in [-0.25, -0.2) is 0 Å². The maximum absolute atomic E-state index is 13.4. The lowest BCUT2D eigenvalue weighted by Crippen LogP contribution is -2.60. The van der Waals surface area contributed by atoms with E-state index in [4.69, 9.17) is 16.0 Å². The number of hydrogen-bond acceptors (Lipinski definition) is 4. The van der Waals surface area contributed by atoms with E-state index in [2.05, 4.69) is 15.1 Å². The molecule has 0 saturated carbocycles.